The summed E-state index contributed by atoms with van der Waals surface area (Å²) in [6, 6.07) is 13.0. The average Bonchev–Trinajstić information content (AvgIpc) is 3.03. The number of imidazole rings is 1. The molecule has 0 aliphatic carbocycles. The number of methoxy groups -OCH3 is 1. The number of rotatable bonds is 6. The van der Waals surface area contributed by atoms with Crippen molar-refractivity contribution >= 4 is 17.0 Å². The lowest BCUT2D eigenvalue weighted by atomic mass is 10.2. The third-order valence-electron chi connectivity index (χ3n) is 3.48. The molecule has 1 N–H and O–H groups in total. The quantitative estimate of drug-likeness (QED) is 0.704. The number of carbonyl (C=O) groups excluding carboxylic acids is 1. The van der Waals surface area contributed by atoms with E-state index in [1.807, 2.05) is 30.3 Å². The van der Waals surface area contributed by atoms with Crippen LogP contribution >= 0.6 is 0 Å². The molecule has 0 bridgehead atoms. The first-order chi connectivity index (χ1) is 11.7. The molecule has 0 aliphatic rings. The van der Waals surface area contributed by atoms with Crippen LogP contribution in [0.3, 0.4) is 0 Å². The van der Waals surface area contributed by atoms with E-state index in [1.54, 1.807) is 26.2 Å². The number of aromatic nitrogens is 2. The lowest BCUT2D eigenvalue weighted by Gasteiger charge is -2.06. The molecule has 1 heterocycles. The van der Waals surface area contributed by atoms with Crippen molar-refractivity contribution in [2.24, 2.45) is 0 Å². The van der Waals surface area contributed by atoms with Crippen LogP contribution < -0.4 is 9.47 Å². The number of ether oxygens (including phenoxy) is 3. The summed E-state index contributed by atoms with van der Waals surface area (Å²) in [5.41, 5.74) is 2.70. The lowest BCUT2D eigenvalue weighted by Crippen LogP contribution is -2.14. The van der Waals surface area contributed by atoms with Gasteiger partial charge in [0.15, 0.2) is 6.61 Å². The van der Waals surface area contributed by atoms with Crippen LogP contribution in [0, 0.1) is 0 Å². The molecule has 0 spiro atoms. The topological polar surface area (TPSA) is 73.4 Å². The van der Waals surface area contributed by atoms with Crippen molar-refractivity contribution in [3.05, 3.63) is 42.5 Å². The monoisotopic (exact) mass is 326 g/mol. The number of hydrogen-bond acceptors (Lipinski definition) is 5. The van der Waals surface area contributed by atoms with Crippen LogP contribution in [0.1, 0.15) is 6.92 Å². The molecular formula is C18H18N2O4. The summed E-state index contributed by atoms with van der Waals surface area (Å²) in [4.78, 5) is 19.1. The Morgan fingerprint density at radius 3 is 2.58 bits per heavy atom. The molecular weight excluding hydrogens is 308 g/mol. The van der Waals surface area contributed by atoms with Crippen LogP contribution in [-0.2, 0) is 9.53 Å². The minimum atomic E-state index is -0.382. The number of benzene rings is 2. The van der Waals surface area contributed by atoms with Gasteiger partial charge in [-0.1, -0.05) is 0 Å². The summed E-state index contributed by atoms with van der Waals surface area (Å²) in [5.74, 6) is 1.76. The summed E-state index contributed by atoms with van der Waals surface area (Å²) in [6.07, 6.45) is 0. The zero-order chi connectivity index (χ0) is 16.9. The fourth-order valence-corrected chi connectivity index (χ4v) is 2.31. The van der Waals surface area contributed by atoms with Crippen molar-refractivity contribution in [1.82, 2.24) is 9.97 Å². The number of esters is 1. The van der Waals surface area contributed by atoms with E-state index in [1.165, 1.54) is 0 Å². The predicted octanol–water partition coefficient (Wildman–Crippen LogP) is 3.18. The smallest absolute Gasteiger partial charge is 0.344 e. The molecule has 0 saturated heterocycles. The highest BCUT2D eigenvalue weighted by atomic mass is 16.6. The molecule has 0 aliphatic heterocycles. The Morgan fingerprint density at radius 2 is 1.88 bits per heavy atom. The van der Waals surface area contributed by atoms with E-state index in [-0.39, 0.29) is 12.6 Å². The maximum absolute atomic E-state index is 11.3. The number of nitrogens with one attached hydrogen (secondary N) is 1. The summed E-state index contributed by atoms with van der Waals surface area (Å²) >= 11 is 0. The fourth-order valence-electron chi connectivity index (χ4n) is 2.31. The van der Waals surface area contributed by atoms with Gasteiger partial charge in [0.1, 0.15) is 17.3 Å². The van der Waals surface area contributed by atoms with Gasteiger partial charge in [-0.3, -0.25) is 0 Å². The maximum atomic E-state index is 11.3. The van der Waals surface area contributed by atoms with Crippen LogP contribution in [0.4, 0.5) is 0 Å². The molecule has 0 amide bonds. The lowest BCUT2D eigenvalue weighted by molar-refractivity contribution is -0.145. The van der Waals surface area contributed by atoms with Crippen molar-refractivity contribution < 1.29 is 19.0 Å². The van der Waals surface area contributed by atoms with Gasteiger partial charge >= 0.3 is 5.97 Å². The zero-order valence-corrected chi connectivity index (χ0v) is 13.5. The molecule has 0 unspecified atom stereocenters. The number of nitrogens with zero attached hydrogens (tertiary/aromatic N) is 1. The third-order valence-corrected chi connectivity index (χ3v) is 3.48. The maximum Gasteiger partial charge on any atom is 0.344 e. The highest BCUT2D eigenvalue weighted by Gasteiger charge is 2.07. The minimum absolute atomic E-state index is 0.0996. The summed E-state index contributed by atoms with van der Waals surface area (Å²) in [7, 11) is 1.63. The van der Waals surface area contributed by atoms with E-state index in [0.717, 1.165) is 28.2 Å². The van der Waals surface area contributed by atoms with Crippen molar-refractivity contribution in [3.63, 3.8) is 0 Å². The summed E-state index contributed by atoms with van der Waals surface area (Å²) in [5, 5.41) is 0. The molecule has 0 fully saturated rings. The van der Waals surface area contributed by atoms with E-state index in [2.05, 4.69) is 9.97 Å². The van der Waals surface area contributed by atoms with E-state index < -0.39 is 0 Å². The Hall–Kier alpha value is -3.02. The number of aromatic amines is 1. The van der Waals surface area contributed by atoms with Gasteiger partial charge in [-0.05, 0) is 43.3 Å². The van der Waals surface area contributed by atoms with Crippen molar-refractivity contribution in [2.45, 2.75) is 6.92 Å². The second kappa shape index (κ2) is 7.04. The summed E-state index contributed by atoms with van der Waals surface area (Å²) in [6.45, 7) is 2.01. The largest absolute Gasteiger partial charge is 0.497 e. The SMILES string of the molecule is CCOC(=O)COc1ccc(-c2nc3ccc(OC)cc3[nH]2)cc1. The standard InChI is InChI=1S/C18H18N2O4/c1-3-23-17(21)11-24-13-6-4-12(5-7-13)18-19-15-9-8-14(22-2)10-16(15)20-18/h4-10H,3,11H2,1-2H3,(H,19,20). The van der Waals surface area contributed by atoms with Gasteiger partial charge in [0, 0.05) is 11.6 Å². The Kier molecular flexibility index (Phi) is 4.65. The number of carbonyl (C=O) groups is 1. The van der Waals surface area contributed by atoms with Crippen molar-refractivity contribution in [2.75, 3.05) is 20.3 Å². The predicted molar refractivity (Wildman–Crippen MR) is 90.2 cm³/mol. The highest BCUT2D eigenvalue weighted by molar-refractivity contribution is 5.80. The molecule has 0 saturated carbocycles. The molecule has 124 valence electrons. The van der Waals surface area contributed by atoms with Gasteiger partial charge in [0.2, 0.25) is 0 Å². The first-order valence-electron chi connectivity index (χ1n) is 7.62. The molecule has 3 rings (SSSR count). The second-order valence-corrected chi connectivity index (χ2v) is 5.09. The van der Waals surface area contributed by atoms with Crippen LogP contribution in [0.5, 0.6) is 11.5 Å². The minimum Gasteiger partial charge on any atom is -0.497 e. The number of hydrogen-bond donors (Lipinski definition) is 1. The zero-order valence-electron chi connectivity index (χ0n) is 13.5. The van der Waals surface area contributed by atoms with E-state index >= 15 is 0 Å². The van der Waals surface area contributed by atoms with Gasteiger partial charge in [-0.15, -0.1) is 0 Å². The van der Waals surface area contributed by atoms with Gasteiger partial charge < -0.3 is 19.2 Å². The molecule has 0 atom stereocenters. The molecule has 6 nitrogen and oxygen atoms in total. The van der Waals surface area contributed by atoms with E-state index in [0.29, 0.717) is 12.4 Å². The number of H-pyrrole nitrogens is 1. The second-order valence-electron chi connectivity index (χ2n) is 5.09. The van der Waals surface area contributed by atoms with Crippen molar-refractivity contribution in [1.29, 1.82) is 0 Å². The Morgan fingerprint density at radius 1 is 1.12 bits per heavy atom. The molecule has 1 aromatic heterocycles. The normalized spacial score (nSPS) is 10.6. The van der Waals surface area contributed by atoms with Crippen LogP contribution in [0.2, 0.25) is 0 Å². The molecule has 2 aromatic carbocycles. The first-order valence-corrected chi connectivity index (χ1v) is 7.62. The molecule has 24 heavy (non-hydrogen) atoms. The fraction of sp³-hybridized carbons (Fsp3) is 0.222. The van der Waals surface area contributed by atoms with Gasteiger partial charge in [0.05, 0.1) is 24.8 Å². The van der Waals surface area contributed by atoms with Crippen molar-refractivity contribution in [3.8, 4) is 22.9 Å². The first kappa shape index (κ1) is 15.9. The Balaban J connectivity index is 1.74. The van der Waals surface area contributed by atoms with Gasteiger partial charge in [-0.2, -0.15) is 0 Å². The van der Waals surface area contributed by atoms with Crippen LogP contribution in [0.15, 0.2) is 42.5 Å². The summed E-state index contributed by atoms with van der Waals surface area (Å²) < 4.78 is 15.4. The highest BCUT2D eigenvalue weighted by Crippen LogP contribution is 2.25. The van der Waals surface area contributed by atoms with E-state index in [4.69, 9.17) is 14.2 Å². The Labute approximate surface area is 139 Å². The van der Waals surface area contributed by atoms with E-state index in [9.17, 15) is 4.79 Å². The molecule has 0 radical (unpaired) electrons. The average molecular weight is 326 g/mol. The third kappa shape index (κ3) is 3.48. The van der Waals surface area contributed by atoms with Crippen LogP contribution in [-0.4, -0.2) is 36.3 Å². The number of fused-ring (bicyclic) bond motifs is 1. The molecule has 3 aromatic rings. The molecule has 6 heteroatoms. The Bertz CT molecular complexity index is 840. The van der Waals surface area contributed by atoms with Gasteiger partial charge in [-0.25, -0.2) is 9.78 Å². The van der Waals surface area contributed by atoms with Crippen LogP contribution in [0.25, 0.3) is 22.4 Å². The van der Waals surface area contributed by atoms with Gasteiger partial charge in [0.25, 0.3) is 0 Å².